The molecular formula is C21H25NO5. The summed E-state index contributed by atoms with van der Waals surface area (Å²) in [6.45, 7) is 1.40. The molecule has 0 aliphatic heterocycles. The van der Waals surface area contributed by atoms with Crippen LogP contribution < -0.4 is 5.32 Å². The second-order valence-corrected chi connectivity index (χ2v) is 6.95. The summed E-state index contributed by atoms with van der Waals surface area (Å²) in [5.74, 6) is -0.0888. The number of furan rings is 1. The second kappa shape index (κ2) is 8.50. The quantitative estimate of drug-likeness (QED) is 0.761. The maximum atomic E-state index is 12.9. The van der Waals surface area contributed by atoms with Crippen molar-refractivity contribution in [2.75, 3.05) is 7.11 Å². The molecule has 27 heavy (non-hydrogen) atoms. The average Bonchev–Trinajstić information content (AvgIpc) is 3.11. The van der Waals surface area contributed by atoms with E-state index in [9.17, 15) is 14.7 Å². The van der Waals surface area contributed by atoms with Gasteiger partial charge in [-0.25, -0.2) is 0 Å². The van der Waals surface area contributed by atoms with Crippen molar-refractivity contribution in [1.29, 1.82) is 0 Å². The number of carbonyl (C=O) groups is 2. The highest BCUT2D eigenvalue weighted by atomic mass is 16.5. The Bertz CT molecular complexity index is 790. The lowest BCUT2D eigenvalue weighted by Gasteiger charge is -2.26. The van der Waals surface area contributed by atoms with E-state index in [4.69, 9.17) is 9.15 Å². The molecule has 0 bridgehead atoms. The number of amides is 1. The number of hydrogen-bond acceptors (Lipinski definition) is 5. The molecule has 1 amide bonds. The number of benzene rings is 1. The van der Waals surface area contributed by atoms with Crippen LogP contribution in [0.1, 0.15) is 70.9 Å². The van der Waals surface area contributed by atoms with Gasteiger partial charge in [-0.3, -0.25) is 9.59 Å². The van der Waals surface area contributed by atoms with E-state index in [1.807, 2.05) is 30.3 Å². The number of ketones is 1. The van der Waals surface area contributed by atoms with Crippen LogP contribution in [-0.4, -0.2) is 36.1 Å². The van der Waals surface area contributed by atoms with Crippen molar-refractivity contribution in [2.45, 2.75) is 50.9 Å². The molecule has 0 saturated heterocycles. The maximum absolute atomic E-state index is 12.9. The van der Waals surface area contributed by atoms with Crippen LogP contribution in [-0.2, 0) is 4.74 Å². The Balaban J connectivity index is 1.89. The monoisotopic (exact) mass is 371 g/mol. The first-order valence-corrected chi connectivity index (χ1v) is 9.21. The standard InChI is InChI=1S/C21H25NO5/c1-13(23)18-12-17(21(25)22-15-8-10-16(24)11-9-15)20(27-18)19(26-2)14-6-4-3-5-7-14/h3-7,12,15-16,19,24H,8-11H2,1-2H3,(H,22,25). The molecule has 0 spiro atoms. The second-order valence-electron chi connectivity index (χ2n) is 6.95. The zero-order chi connectivity index (χ0) is 19.4. The number of Topliss-reactive ketones (excluding diaryl/α,β-unsaturated/α-hetero) is 1. The number of rotatable bonds is 6. The van der Waals surface area contributed by atoms with E-state index in [2.05, 4.69) is 5.32 Å². The van der Waals surface area contributed by atoms with Gasteiger partial charge in [0.25, 0.3) is 5.91 Å². The summed E-state index contributed by atoms with van der Waals surface area (Å²) < 4.78 is 11.3. The number of carbonyl (C=O) groups excluding carboxylic acids is 2. The number of methoxy groups -OCH3 is 1. The fourth-order valence-electron chi connectivity index (χ4n) is 3.46. The predicted molar refractivity (Wildman–Crippen MR) is 99.7 cm³/mol. The third kappa shape index (κ3) is 4.46. The van der Waals surface area contributed by atoms with Crippen LogP contribution >= 0.6 is 0 Å². The molecule has 1 fully saturated rings. The third-order valence-corrected chi connectivity index (χ3v) is 4.96. The van der Waals surface area contributed by atoms with E-state index in [0.717, 1.165) is 18.4 Å². The third-order valence-electron chi connectivity index (χ3n) is 4.96. The molecule has 3 rings (SSSR count). The first kappa shape index (κ1) is 19.3. The molecule has 1 aliphatic rings. The van der Waals surface area contributed by atoms with Gasteiger partial charge in [-0.1, -0.05) is 30.3 Å². The van der Waals surface area contributed by atoms with E-state index < -0.39 is 6.10 Å². The lowest BCUT2D eigenvalue weighted by molar-refractivity contribution is 0.0843. The molecule has 1 saturated carbocycles. The van der Waals surface area contributed by atoms with Crippen LogP contribution in [0.2, 0.25) is 0 Å². The molecule has 1 atom stereocenters. The van der Waals surface area contributed by atoms with Gasteiger partial charge in [0.2, 0.25) is 0 Å². The zero-order valence-corrected chi connectivity index (χ0v) is 15.6. The molecule has 1 aromatic carbocycles. The molecule has 1 aliphatic carbocycles. The van der Waals surface area contributed by atoms with Crippen molar-refractivity contribution in [2.24, 2.45) is 0 Å². The number of hydrogen-bond donors (Lipinski definition) is 2. The average molecular weight is 371 g/mol. The Hall–Kier alpha value is -2.44. The predicted octanol–water partition coefficient (Wildman–Crippen LogP) is 3.25. The molecule has 1 unspecified atom stereocenters. The Kier molecular flexibility index (Phi) is 6.08. The lowest BCUT2D eigenvalue weighted by Crippen LogP contribution is -2.38. The van der Waals surface area contributed by atoms with E-state index in [-0.39, 0.29) is 29.6 Å². The minimum atomic E-state index is -0.590. The van der Waals surface area contributed by atoms with Crippen LogP contribution in [0, 0.1) is 0 Å². The fourth-order valence-corrected chi connectivity index (χ4v) is 3.46. The van der Waals surface area contributed by atoms with Crippen molar-refractivity contribution in [3.8, 4) is 0 Å². The fraction of sp³-hybridized carbons (Fsp3) is 0.429. The van der Waals surface area contributed by atoms with E-state index in [1.54, 1.807) is 0 Å². The van der Waals surface area contributed by atoms with Crippen molar-refractivity contribution in [3.63, 3.8) is 0 Å². The number of aliphatic hydroxyl groups excluding tert-OH is 1. The molecular weight excluding hydrogens is 346 g/mol. The SMILES string of the molecule is COC(c1ccccc1)c1oc(C(C)=O)cc1C(=O)NC1CCC(O)CC1. The molecule has 2 aromatic rings. The van der Waals surface area contributed by atoms with Crippen molar-refractivity contribution >= 4 is 11.7 Å². The Morgan fingerprint density at radius 1 is 1.19 bits per heavy atom. The minimum Gasteiger partial charge on any atom is -0.454 e. The van der Waals surface area contributed by atoms with Gasteiger partial charge in [0, 0.05) is 26.1 Å². The van der Waals surface area contributed by atoms with Crippen molar-refractivity contribution in [3.05, 3.63) is 59.0 Å². The van der Waals surface area contributed by atoms with Crippen molar-refractivity contribution < 1.29 is 23.8 Å². The van der Waals surface area contributed by atoms with Crippen LogP contribution in [0.4, 0.5) is 0 Å². The topological polar surface area (TPSA) is 88.8 Å². The summed E-state index contributed by atoms with van der Waals surface area (Å²) in [4.78, 5) is 24.7. The van der Waals surface area contributed by atoms with E-state index in [0.29, 0.717) is 24.2 Å². The van der Waals surface area contributed by atoms with E-state index >= 15 is 0 Å². The highest BCUT2D eigenvalue weighted by Crippen LogP contribution is 2.31. The first-order valence-electron chi connectivity index (χ1n) is 9.21. The van der Waals surface area contributed by atoms with Gasteiger partial charge in [0.05, 0.1) is 11.7 Å². The Morgan fingerprint density at radius 2 is 1.85 bits per heavy atom. The zero-order valence-electron chi connectivity index (χ0n) is 15.6. The van der Waals surface area contributed by atoms with Gasteiger partial charge in [-0.15, -0.1) is 0 Å². The Morgan fingerprint density at radius 3 is 2.44 bits per heavy atom. The normalized spacial score (nSPS) is 20.9. The summed E-state index contributed by atoms with van der Waals surface area (Å²) >= 11 is 0. The van der Waals surface area contributed by atoms with Gasteiger partial charge < -0.3 is 19.6 Å². The molecule has 6 heteroatoms. The Labute approximate surface area is 158 Å². The summed E-state index contributed by atoms with van der Waals surface area (Å²) in [5, 5.41) is 12.6. The van der Waals surface area contributed by atoms with Gasteiger partial charge in [0.15, 0.2) is 17.3 Å². The van der Waals surface area contributed by atoms with Gasteiger partial charge >= 0.3 is 0 Å². The van der Waals surface area contributed by atoms with E-state index in [1.165, 1.54) is 20.1 Å². The molecule has 6 nitrogen and oxygen atoms in total. The number of aliphatic hydroxyl groups is 1. The summed E-state index contributed by atoms with van der Waals surface area (Å²) in [7, 11) is 1.54. The van der Waals surface area contributed by atoms with Crippen LogP contribution in [0.15, 0.2) is 40.8 Å². The molecule has 144 valence electrons. The first-order chi connectivity index (χ1) is 13.0. The number of ether oxygens (including phenoxy) is 1. The highest BCUT2D eigenvalue weighted by Gasteiger charge is 2.29. The summed E-state index contributed by atoms with van der Waals surface area (Å²) in [5.41, 5.74) is 1.14. The van der Waals surface area contributed by atoms with Crippen molar-refractivity contribution in [1.82, 2.24) is 5.32 Å². The lowest BCUT2D eigenvalue weighted by atomic mass is 9.93. The maximum Gasteiger partial charge on any atom is 0.255 e. The summed E-state index contributed by atoms with van der Waals surface area (Å²) in [6.07, 6.45) is 1.92. The van der Waals surface area contributed by atoms with Gasteiger partial charge in [-0.2, -0.15) is 0 Å². The smallest absolute Gasteiger partial charge is 0.255 e. The summed E-state index contributed by atoms with van der Waals surface area (Å²) in [6, 6.07) is 10.9. The highest BCUT2D eigenvalue weighted by molar-refractivity contribution is 5.99. The molecule has 1 aromatic heterocycles. The minimum absolute atomic E-state index is 0.00199. The molecule has 1 heterocycles. The molecule has 0 radical (unpaired) electrons. The van der Waals surface area contributed by atoms with Gasteiger partial charge in [-0.05, 0) is 31.2 Å². The van der Waals surface area contributed by atoms with Crippen LogP contribution in [0.3, 0.4) is 0 Å². The molecule has 2 N–H and O–H groups in total. The largest absolute Gasteiger partial charge is 0.454 e. The van der Waals surface area contributed by atoms with Gasteiger partial charge in [0.1, 0.15) is 6.10 Å². The van der Waals surface area contributed by atoms with Crippen LogP contribution in [0.25, 0.3) is 0 Å². The van der Waals surface area contributed by atoms with Crippen LogP contribution in [0.5, 0.6) is 0 Å². The number of nitrogens with one attached hydrogen (secondary N) is 1.